The van der Waals surface area contributed by atoms with Crippen LogP contribution >= 0.6 is 0 Å². The van der Waals surface area contributed by atoms with Crippen molar-refractivity contribution < 1.29 is 9.63 Å². The SMILES string of the molecule is Cc1noc(-c2cccnc2N2CCC(C)(O)C2)n1. The average Bonchev–Trinajstić information content (AvgIpc) is 2.95. The van der Waals surface area contributed by atoms with Crippen molar-refractivity contribution in [2.24, 2.45) is 0 Å². The summed E-state index contributed by atoms with van der Waals surface area (Å²) in [6.07, 6.45) is 2.46. The van der Waals surface area contributed by atoms with Crippen molar-refractivity contribution in [3.8, 4) is 11.5 Å². The maximum absolute atomic E-state index is 10.1. The molecule has 3 rings (SSSR count). The van der Waals surface area contributed by atoms with Crippen molar-refractivity contribution in [3.05, 3.63) is 24.2 Å². The summed E-state index contributed by atoms with van der Waals surface area (Å²) in [5.41, 5.74) is 0.139. The van der Waals surface area contributed by atoms with E-state index in [4.69, 9.17) is 4.52 Å². The molecule has 3 heterocycles. The summed E-state index contributed by atoms with van der Waals surface area (Å²) >= 11 is 0. The van der Waals surface area contributed by atoms with Crippen molar-refractivity contribution in [3.63, 3.8) is 0 Å². The lowest BCUT2D eigenvalue weighted by atomic mass is 10.1. The molecule has 6 heteroatoms. The highest BCUT2D eigenvalue weighted by atomic mass is 16.5. The Hall–Kier alpha value is -1.95. The number of pyridine rings is 1. The van der Waals surface area contributed by atoms with Gasteiger partial charge in [-0.1, -0.05) is 5.16 Å². The fourth-order valence-corrected chi connectivity index (χ4v) is 2.35. The van der Waals surface area contributed by atoms with Crippen molar-refractivity contribution >= 4 is 5.82 Å². The largest absolute Gasteiger partial charge is 0.388 e. The van der Waals surface area contributed by atoms with Crippen LogP contribution in [-0.4, -0.2) is 38.9 Å². The standard InChI is InChI=1S/C13H16N4O2/c1-9-15-12(19-16-9)10-4-3-6-14-11(10)17-7-5-13(2,18)8-17/h3-4,6,18H,5,7-8H2,1-2H3. The third-order valence-electron chi connectivity index (χ3n) is 3.30. The summed E-state index contributed by atoms with van der Waals surface area (Å²) in [6, 6.07) is 3.74. The van der Waals surface area contributed by atoms with Crippen molar-refractivity contribution in [1.29, 1.82) is 0 Å². The van der Waals surface area contributed by atoms with E-state index in [1.807, 2.05) is 19.1 Å². The number of nitrogens with zero attached hydrogens (tertiary/aromatic N) is 4. The van der Waals surface area contributed by atoms with Crippen LogP contribution in [0.5, 0.6) is 0 Å². The predicted octanol–water partition coefficient (Wildman–Crippen LogP) is 1.40. The Labute approximate surface area is 111 Å². The Balaban J connectivity index is 1.99. The van der Waals surface area contributed by atoms with E-state index in [0.717, 1.165) is 24.3 Å². The predicted molar refractivity (Wildman–Crippen MR) is 69.7 cm³/mol. The molecule has 0 amide bonds. The zero-order valence-corrected chi connectivity index (χ0v) is 11.0. The first kappa shape index (κ1) is 12.1. The van der Waals surface area contributed by atoms with Crippen LogP contribution in [0.4, 0.5) is 5.82 Å². The van der Waals surface area contributed by atoms with Gasteiger partial charge in [-0.3, -0.25) is 0 Å². The number of anilines is 1. The van der Waals surface area contributed by atoms with Gasteiger partial charge >= 0.3 is 0 Å². The summed E-state index contributed by atoms with van der Waals surface area (Å²) in [6.45, 7) is 4.95. The average molecular weight is 260 g/mol. The minimum Gasteiger partial charge on any atom is -0.388 e. The second kappa shape index (κ2) is 4.31. The highest BCUT2D eigenvalue weighted by Gasteiger charge is 2.33. The van der Waals surface area contributed by atoms with Crippen LogP contribution in [0.15, 0.2) is 22.9 Å². The first-order valence-electron chi connectivity index (χ1n) is 6.28. The summed E-state index contributed by atoms with van der Waals surface area (Å²) in [7, 11) is 0. The summed E-state index contributed by atoms with van der Waals surface area (Å²) in [4.78, 5) is 10.7. The molecule has 1 atom stereocenters. The molecule has 0 saturated carbocycles. The van der Waals surface area contributed by atoms with E-state index >= 15 is 0 Å². The van der Waals surface area contributed by atoms with E-state index in [1.54, 1.807) is 13.1 Å². The highest BCUT2D eigenvalue weighted by Crippen LogP contribution is 2.32. The fraction of sp³-hybridized carbons (Fsp3) is 0.462. The lowest BCUT2D eigenvalue weighted by Crippen LogP contribution is -2.30. The van der Waals surface area contributed by atoms with Gasteiger partial charge in [-0.15, -0.1) is 0 Å². The Morgan fingerprint density at radius 2 is 2.32 bits per heavy atom. The first-order valence-corrected chi connectivity index (χ1v) is 6.28. The van der Waals surface area contributed by atoms with E-state index in [0.29, 0.717) is 18.3 Å². The van der Waals surface area contributed by atoms with Crippen molar-refractivity contribution in [1.82, 2.24) is 15.1 Å². The maximum atomic E-state index is 10.1. The molecule has 1 unspecified atom stereocenters. The third kappa shape index (κ3) is 2.31. The molecule has 0 aromatic carbocycles. The molecule has 19 heavy (non-hydrogen) atoms. The lowest BCUT2D eigenvalue weighted by Gasteiger charge is -2.21. The van der Waals surface area contributed by atoms with Gasteiger partial charge in [0.25, 0.3) is 5.89 Å². The smallest absolute Gasteiger partial charge is 0.261 e. The molecule has 0 aliphatic carbocycles. The molecule has 2 aromatic heterocycles. The number of rotatable bonds is 2. The highest BCUT2D eigenvalue weighted by molar-refractivity contribution is 5.70. The quantitative estimate of drug-likeness (QED) is 0.879. The van der Waals surface area contributed by atoms with Crippen LogP contribution in [0.3, 0.4) is 0 Å². The topological polar surface area (TPSA) is 75.3 Å². The number of hydrogen-bond donors (Lipinski definition) is 1. The van der Waals surface area contributed by atoms with Gasteiger partial charge in [-0.2, -0.15) is 4.98 Å². The number of hydrogen-bond acceptors (Lipinski definition) is 6. The molecule has 0 radical (unpaired) electrons. The van der Waals surface area contributed by atoms with Gasteiger partial charge in [0.1, 0.15) is 5.82 Å². The Bertz CT molecular complexity index is 594. The van der Waals surface area contributed by atoms with Crippen molar-refractivity contribution in [2.75, 3.05) is 18.0 Å². The minimum atomic E-state index is -0.667. The lowest BCUT2D eigenvalue weighted by molar-refractivity contribution is 0.0839. The summed E-state index contributed by atoms with van der Waals surface area (Å²) in [5.74, 6) is 1.84. The van der Waals surface area contributed by atoms with Gasteiger partial charge in [0.15, 0.2) is 5.82 Å². The van der Waals surface area contributed by atoms with Crippen LogP contribution < -0.4 is 4.90 Å². The van der Waals surface area contributed by atoms with Crippen LogP contribution in [0.2, 0.25) is 0 Å². The maximum Gasteiger partial charge on any atom is 0.261 e. The molecule has 1 saturated heterocycles. The Morgan fingerprint density at radius 3 is 2.95 bits per heavy atom. The van der Waals surface area contributed by atoms with Gasteiger partial charge in [-0.25, -0.2) is 4.98 Å². The normalized spacial score (nSPS) is 23.0. The van der Waals surface area contributed by atoms with E-state index in [2.05, 4.69) is 20.0 Å². The molecule has 6 nitrogen and oxygen atoms in total. The molecule has 0 spiro atoms. The molecule has 1 fully saturated rings. The number of aryl methyl sites for hydroxylation is 1. The number of β-amino-alcohol motifs (C(OH)–C–C–N with tert-alkyl or cyclic N) is 1. The van der Waals surface area contributed by atoms with Crippen LogP contribution in [-0.2, 0) is 0 Å². The molecule has 0 bridgehead atoms. The first-order chi connectivity index (χ1) is 9.05. The minimum absolute atomic E-state index is 0.465. The van der Waals surface area contributed by atoms with E-state index < -0.39 is 5.60 Å². The van der Waals surface area contributed by atoms with Gasteiger partial charge in [0.05, 0.1) is 11.2 Å². The van der Waals surface area contributed by atoms with Gasteiger partial charge in [0.2, 0.25) is 0 Å². The molecular formula is C13H16N4O2. The Morgan fingerprint density at radius 1 is 1.47 bits per heavy atom. The molecule has 100 valence electrons. The fourth-order valence-electron chi connectivity index (χ4n) is 2.35. The third-order valence-corrected chi connectivity index (χ3v) is 3.30. The number of aromatic nitrogens is 3. The summed E-state index contributed by atoms with van der Waals surface area (Å²) in [5, 5.41) is 13.9. The summed E-state index contributed by atoms with van der Waals surface area (Å²) < 4.78 is 5.21. The second-order valence-corrected chi connectivity index (χ2v) is 5.19. The van der Waals surface area contributed by atoms with E-state index in [-0.39, 0.29) is 0 Å². The monoisotopic (exact) mass is 260 g/mol. The van der Waals surface area contributed by atoms with Crippen LogP contribution in [0, 0.1) is 6.92 Å². The van der Waals surface area contributed by atoms with Crippen LogP contribution in [0.25, 0.3) is 11.5 Å². The second-order valence-electron chi connectivity index (χ2n) is 5.19. The zero-order valence-electron chi connectivity index (χ0n) is 11.0. The van der Waals surface area contributed by atoms with Crippen molar-refractivity contribution in [2.45, 2.75) is 25.9 Å². The van der Waals surface area contributed by atoms with Gasteiger partial charge in [0, 0.05) is 19.3 Å². The Kier molecular flexibility index (Phi) is 2.74. The van der Waals surface area contributed by atoms with Gasteiger partial charge < -0.3 is 14.5 Å². The molecule has 1 aliphatic rings. The molecule has 1 N–H and O–H groups in total. The molecule has 2 aromatic rings. The van der Waals surface area contributed by atoms with Crippen LogP contribution in [0.1, 0.15) is 19.2 Å². The molecular weight excluding hydrogens is 244 g/mol. The van der Waals surface area contributed by atoms with E-state index in [1.165, 1.54) is 0 Å². The molecule has 1 aliphatic heterocycles. The van der Waals surface area contributed by atoms with E-state index in [9.17, 15) is 5.11 Å². The number of aliphatic hydroxyl groups is 1. The zero-order chi connectivity index (χ0) is 13.5. The van der Waals surface area contributed by atoms with Gasteiger partial charge in [-0.05, 0) is 32.4 Å².